The summed E-state index contributed by atoms with van der Waals surface area (Å²) in [6.07, 6.45) is 2.62. The quantitative estimate of drug-likeness (QED) is 0.537. The molecule has 1 aromatic heterocycles. The number of ether oxygens (including phenoxy) is 1. The van der Waals surface area contributed by atoms with Crippen molar-refractivity contribution in [3.8, 4) is 17.7 Å². The number of pyridine rings is 1. The Hall–Kier alpha value is -3.14. The Morgan fingerprint density at radius 3 is 2.63 bits per heavy atom. The van der Waals surface area contributed by atoms with Crippen LogP contribution in [0.3, 0.4) is 0 Å². The van der Waals surface area contributed by atoms with E-state index in [2.05, 4.69) is 10.2 Å². The Bertz CT molecular complexity index is 926. The fourth-order valence-corrected chi connectivity index (χ4v) is 2.71. The Morgan fingerprint density at radius 1 is 1.22 bits per heavy atom. The first-order chi connectivity index (χ1) is 13.0. The number of hydrogen-bond donors (Lipinski definition) is 1. The molecule has 27 heavy (non-hydrogen) atoms. The third-order valence-corrected chi connectivity index (χ3v) is 4.18. The molecule has 1 aromatic carbocycles. The van der Waals surface area contributed by atoms with Crippen LogP contribution in [0.5, 0.6) is 11.6 Å². The Labute approximate surface area is 158 Å². The van der Waals surface area contributed by atoms with Crippen LogP contribution in [0, 0.1) is 18.3 Å². The summed E-state index contributed by atoms with van der Waals surface area (Å²) in [5, 5.41) is 28.0. The maximum Gasteiger partial charge on any atom is 0.281 e. The summed E-state index contributed by atoms with van der Waals surface area (Å²) in [6, 6.07) is 9.08. The van der Waals surface area contributed by atoms with Gasteiger partial charge in [0.2, 0.25) is 5.88 Å². The molecule has 0 unspecified atom stereocenters. The van der Waals surface area contributed by atoms with E-state index in [0.717, 1.165) is 19.3 Å². The number of nitrogens with zero attached hydrogens (tertiary/aromatic N) is 4. The number of nitriles is 1. The molecule has 2 aromatic rings. The smallest absolute Gasteiger partial charge is 0.281 e. The highest BCUT2D eigenvalue weighted by molar-refractivity contribution is 5.57. The van der Waals surface area contributed by atoms with Crippen LogP contribution >= 0.6 is 0 Å². The number of aromatic hydroxyl groups is 1. The van der Waals surface area contributed by atoms with Crippen LogP contribution in [-0.4, -0.2) is 16.3 Å². The maximum atomic E-state index is 12.8. The predicted molar refractivity (Wildman–Crippen MR) is 103 cm³/mol. The molecule has 0 saturated heterocycles. The van der Waals surface area contributed by atoms with Crippen molar-refractivity contribution < 1.29 is 9.84 Å². The van der Waals surface area contributed by atoms with Crippen LogP contribution in [0.25, 0.3) is 0 Å². The number of hydrogen-bond acceptors (Lipinski definition) is 6. The maximum absolute atomic E-state index is 12.8. The Morgan fingerprint density at radius 2 is 1.96 bits per heavy atom. The van der Waals surface area contributed by atoms with Crippen molar-refractivity contribution in [2.45, 2.75) is 46.6 Å². The van der Waals surface area contributed by atoms with E-state index in [1.165, 1.54) is 4.57 Å². The lowest BCUT2D eigenvalue weighted by atomic mass is 10.1. The summed E-state index contributed by atoms with van der Waals surface area (Å²) in [4.78, 5) is 12.8. The van der Waals surface area contributed by atoms with Gasteiger partial charge in [-0.15, -0.1) is 10.2 Å². The second kappa shape index (κ2) is 9.53. The fraction of sp³-hybridized carbons (Fsp3) is 0.400. The first-order valence-corrected chi connectivity index (χ1v) is 9.05. The number of rotatable bonds is 8. The van der Waals surface area contributed by atoms with Gasteiger partial charge in [-0.25, -0.2) is 0 Å². The van der Waals surface area contributed by atoms with Crippen LogP contribution in [0.2, 0.25) is 0 Å². The lowest BCUT2D eigenvalue weighted by Gasteiger charge is -2.12. The third kappa shape index (κ3) is 4.53. The first kappa shape index (κ1) is 20.2. The molecule has 0 fully saturated rings. The topological polar surface area (TPSA) is 100.0 Å². The lowest BCUT2D eigenvalue weighted by Crippen LogP contribution is -2.22. The Kier molecular flexibility index (Phi) is 7.12. The molecule has 0 aliphatic heterocycles. The molecule has 1 heterocycles. The van der Waals surface area contributed by atoms with Gasteiger partial charge in [-0.05, 0) is 32.4 Å². The van der Waals surface area contributed by atoms with E-state index in [-0.39, 0.29) is 17.1 Å². The van der Waals surface area contributed by atoms with Crippen molar-refractivity contribution in [1.29, 1.82) is 5.26 Å². The fourth-order valence-electron chi connectivity index (χ4n) is 2.71. The second-order valence-corrected chi connectivity index (χ2v) is 6.05. The van der Waals surface area contributed by atoms with Crippen molar-refractivity contribution >= 4 is 11.4 Å². The van der Waals surface area contributed by atoms with Crippen molar-refractivity contribution in [2.24, 2.45) is 10.2 Å². The molecular formula is C20H24N4O3. The van der Waals surface area contributed by atoms with E-state index in [1.807, 2.05) is 26.0 Å². The molecule has 0 atom stereocenters. The van der Waals surface area contributed by atoms with Crippen LogP contribution in [0.4, 0.5) is 11.4 Å². The zero-order chi connectivity index (χ0) is 19.8. The van der Waals surface area contributed by atoms with Gasteiger partial charge >= 0.3 is 0 Å². The van der Waals surface area contributed by atoms with Gasteiger partial charge in [0.1, 0.15) is 23.1 Å². The summed E-state index contributed by atoms with van der Waals surface area (Å²) in [7, 11) is 0. The van der Waals surface area contributed by atoms with Crippen molar-refractivity contribution in [2.75, 3.05) is 6.61 Å². The van der Waals surface area contributed by atoms with Crippen molar-refractivity contribution in [3.05, 3.63) is 45.7 Å². The van der Waals surface area contributed by atoms with Gasteiger partial charge in [0.25, 0.3) is 5.56 Å². The highest BCUT2D eigenvalue weighted by Gasteiger charge is 2.19. The third-order valence-electron chi connectivity index (χ3n) is 4.18. The van der Waals surface area contributed by atoms with Crippen LogP contribution in [-0.2, 0) is 6.54 Å². The molecule has 0 aliphatic rings. The molecule has 0 saturated carbocycles. The van der Waals surface area contributed by atoms with Crippen molar-refractivity contribution in [3.63, 3.8) is 0 Å². The predicted octanol–water partition coefficient (Wildman–Crippen LogP) is 4.74. The molecule has 7 nitrogen and oxygen atoms in total. The van der Waals surface area contributed by atoms with E-state index in [0.29, 0.717) is 30.2 Å². The van der Waals surface area contributed by atoms with Gasteiger partial charge in [-0.1, -0.05) is 31.9 Å². The highest BCUT2D eigenvalue weighted by Crippen LogP contribution is 2.30. The number of para-hydroxylation sites is 1. The van der Waals surface area contributed by atoms with Gasteiger partial charge < -0.3 is 9.84 Å². The zero-order valence-electron chi connectivity index (χ0n) is 15.9. The van der Waals surface area contributed by atoms with E-state index in [4.69, 9.17) is 4.74 Å². The molecule has 7 heteroatoms. The normalized spacial score (nSPS) is 10.9. The number of unbranched alkanes of at least 4 members (excludes halogenated alkanes) is 2. The van der Waals surface area contributed by atoms with Gasteiger partial charge in [0.15, 0.2) is 5.69 Å². The molecular weight excluding hydrogens is 344 g/mol. The molecule has 0 aliphatic carbocycles. The van der Waals surface area contributed by atoms with E-state index >= 15 is 0 Å². The molecule has 0 bridgehead atoms. The van der Waals surface area contributed by atoms with E-state index < -0.39 is 5.56 Å². The number of aromatic nitrogens is 1. The zero-order valence-corrected chi connectivity index (χ0v) is 15.9. The van der Waals surface area contributed by atoms with Gasteiger partial charge in [0, 0.05) is 12.1 Å². The van der Waals surface area contributed by atoms with Crippen LogP contribution in [0.1, 0.15) is 44.2 Å². The van der Waals surface area contributed by atoms with E-state index in [1.54, 1.807) is 25.1 Å². The minimum atomic E-state index is -0.460. The minimum Gasteiger partial charge on any atom is -0.493 e. The molecule has 1 N–H and O–H groups in total. The highest BCUT2D eigenvalue weighted by atomic mass is 16.5. The molecule has 0 amide bonds. The molecule has 0 radical (unpaired) electrons. The SMILES string of the molecule is CCCCCn1c(O)c(C#N)c(C)c(N=Nc2ccccc2OCC)c1=O. The minimum absolute atomic E-state index is 0.0399. The largest absolute Gasteiger partial charge is 0.493 e. The Balaban J connectivity index is 2.52. The van der Waals surface area contributed by atoms with Gasteiger partial charge in [0.05, 0.1) is 6.61 Å². The summed E-state index contributed by atoms with van der Waals surface area (Å²) in [5.41, 5.74) is 0.426. The van der Waals surface area contributed by atoms with Crippen LogP contribution in [0.15, 0.2) is 39.3 Å². The first-order valence-electron chi connectivity index (χ1n) is 9.05. The second-order valence-electron chi connectivity index (χ2n) is 6.05. The summed E-state index contributed by atoms with van der Waals surface area (Å²) in [6.45, 7) is 6.30. The van der Waals surface area contributed by atoms with Crippen molar-refractivity contribution in [1.82, 2.24) is 4.57 Å². The monoisotopic (exact) mass is 368 g/mol. The molecule has 2 rings (SSSR count). The number of benzene rings is 1. The van der Waals surface area contributed by atoms with Gasteiger partial charge in [-0.3, -0.25) is 9.36 Å². The summed E-state index contributed by atoms with van der Waals surface area (Å²) < 4.78 is 6.71. The van der Waals surface area contributed by atoms with E-state index in [9.17, 15) is 15.2 Å². The lowest BCUT2D eigenvalue weighted by molar-refractivity contribution is 0.341. The standard InChI is InChI=1S/C20H24N4O3/c1-4-6-9-12-24-19(25)15(13-21)14(3)18(20(24)26)23-22-16-10-7-8-11-17(16)27-5-2/h7-8,10-11,25H,4-6,9,12H2,1-3H3. The number of azo groups is 1. The van der Waals surface area contributed by atoms with Crippen LogP contribution < -0.4 is 10.3 Å². The molecule has 0 spiro atoms. The summed E-state index contributed by atoms with van der Waals surface area (Å²) >= 11 is 0. The van der Waals surface area contributed by atoms with Gasteiger partial charge in [-0.2, -0.15) is 5.26 Å². The average Bonchev–Trinajstić information content (AvgIpc) is 2.66. The summed E-state index contributed by atoms with van der Waals surface area (Å²) in [5.74, 6) is 0.244. The average molecular weight is 368 g/mol. The molecule has 142 valence electrons.